The smallest absolute Gasteiger partial charge is 0.238 e. The van der Waals surface area contributed by atoms with Crippen LogP contribution in [0, 0.1) is 6.92 Å². The van der Waals surface area contributed by atoms with E-state index in [1.165, 1.54) is 0 Å². The molecule has 43 heavy (non-hydrogen) atoms. The Morgan fingerprint density at radius 3 is 2.49 bits per heavy atom. The predicted molar refractivity (Wildman–Crippen MR) is 155 cm³/mol. The number of nitrogens with zero attached hydrogens (tertiary/aromatic N) is 1. The number of ether oxygens (including phenoxy) is 3. The molecule has 14 heteroatoms. The zero-order valence-corrected chi connectivity index (χ0v) is 24.9. The molecule has 0 bridgehead atoms. The minimum atomic E-state index is -1.56. The standard InChI is InChI=1S/C29H46N4O10/c1-16(2)24-21(28(33-32-24)43-29-27(40)26(39)25(38)22(15-36)42-29)12-18-5-6-20(11-17(18)3)41-10-4-8-30-9-7-23(37)31-19(13-34)14-35/h5-6,11,16,19,22,25-27,29-30,34-36,38-40H,4,7-10,12-15H2,1-3H3,(H,31,37)(H,32,33)/t22-,25-,26+,27-,29+/m1/s1. The number of aromatic amines is 1. The van der Waals surface area contributed by atoms with E-state index in [1.54, 1.807) is 0 Å². The quantitative estimate of drug-likeness (QED) is 0.0968. The third-order valence-corrected chi connectivity index (χ3v) is 7.30. The maximum Gasteiger partial charge on any atom is 0.238 e. The Morgan fingerprint density at radius 2 is 1.84 bits per heavy atom. The Balaban J connectivity index is 1.54. The SMILES string of the molecule is Cc1cc(OCCCNCCC(=O)NC(CO)CO)ccc1Cc1c(O[C@@H]2O[C@H](CO)[C@@H](O)[C@H](O)[C@H]2O)n[nH]c1C(C)C. The lowest BCUT2D eigenvalue weighted by Gasteiger charge is -2.39. The summed E-state index contributed by atoms with van der Waals surface area (Å²) in [5, 5.41) is 71.2. The number of aromatic nitrogens is 2. The molecular weight excluding hydrogens is 564 g/mol. The third kappa shape index (κ3) is 9.58. The molecule has 1 fully saturated rings. The minimum absolute atomic E-state index is 0.0820. The van der Waals surface area contributed by atoms with Gasteiger partial charge in [-0.15, -0.1) is 5.10 Å². The van der Waals surface area contributed by atoms with Gasteiger partial charge in [0.25, 0.3) is 0 Å². The number of benzene rings is 1. The second-order valence-corrected chi connectivity index (χ2v) is 11.0. The van der Waals surface area contributed by atoms with Crippen LogP contribution >= 0.6 is 0 Å². The van der Waals surface area contributed by atoms with E-state index in [2.05, 4.69) is 20.8 Å². The van der Waals surface area contributed by atoms with Crippen molar-refractivity contribution < 1.29 is 49.6 Å². The van der Waals surface area contributed by atoms with Crippen LogP contribution in [0.3, 0.4) is 0 Å². The van der Waals surface area contributed by atoms with E-state index in [-0.39, 0.29) is 37.3 Å². The van der Waals surface area contributed by atoms with E-state index < -0.39 is 43.4 Å². The summed E-state index contributed by atoms with van der Waals surface area (Å²) in [6.45, 7) is 6.41. The fraction of sp³-hybridized carbons (Fsp3) is 0.655. The number of hydrogen-bond acceptors (Lipinski definition) is 12. The van der Waals surface area contributed by atoms with Crippen molar-refractivity contribution in [2.45, 2.75) is 82.7 Å². The Hall–Kier alpha value is -2.82. The monoisotopic (exact) mass is 610 g/mol. The van der Waals surface area contributed by atoms with E-state index >= 15 is 0 Å². The number of aliphatic hydroxyl groups excluding tert-OH is 6. The molecule has 2 heterocycles. The average molecular weight is 611 g/mol. The molecule has 14 nitrogen and oxygen atoms in total. The van der Waals surface area contributed by atoms with Crippen molar-refractivity contribution in [1.29, 1.82) is 0 Å². The third-order valence-electron chi connectivity index (χ3n) is 7.30. The highest BCUT2D eigenvalue weighted by atomic mass is 16.7. The maximum absolute atomic E-state index is 11.8. The van der Waals surface area contributed by atoms with E-state index in [4.69, 9.17) is 24.4 Å². The Bertz CT molecular complexity index is 1140. The van der Waals surface area contributed by atoms with Crippen LogP contribution in [0.1, 0.15) is 55.0 Å². The topological polar surface area (TPSA) is 219 Å². The highest BCUT2D eigenvalue weighted by Crippen LogP contribution is 2.32. The molecule has 1 aliphatic rings. The summed E-state index contributed by atoms with van der Waals surface area (Å²) in [6, 6.07) is 5.15. The normalized spacial score (nSPS) is 22.3. The van der Waals surface area contributed by atoms with Gasteiger partial charge in [-0.3, -0.25) is 9.89 Å². The van der Waals surface area contributed by atoms with Crippen LogP contribution in [0.25, 0.3) is 0 Å². The second kappa shape index (κ2) is 16.9. The van der Waals surface area contributed by atoms with E-state index in [0.29, 0.717) is 31.9 Å². The van der Waals surface area contributed by atoms with Gasteiger partial charge in [0.05, 0.1) is 32.5 Å². The highest BCUT2D eigenvalue weighted by molar-refractivity contribution is 5.76. The first-order valence-corrected chi connectivity index (χ1v) is 14.6. The number of H-pyrrole nitrogens is 1. The summed E-state index contributed by atoms with van der Waals surface area (Å²) in [4.78, 5) is 11.8. The zero-order valence-electron chi connectivity index (χ0n) is 24.9. The lowest BCUT2D eigenvalue weighted by atomic mass is 9.96. The number of rotatable bonds is 17. The molecule has 1 aliphatic heterocycles. The Kier molecular flexibility index (Phi) is 13.6. The number of carbonyl (C=O) groups excluding carboxylic acids is 1. The first kappa shape index (κ1) is 34.7. The van der Waals surface area contributed by atoms with Crippen LogP contribution in [0.2, 0.25) is 0 Å². The molecule has 5 atom stereocenters. The van der Waals surface area contributed by atoms with Crippen LogP contribution in [0.15, 0.2) is 18.2 Å². The van der Waals surface area contributed by atoms with Crippen molar-refractivity contribution in [2.75, 3.05) is 39.5 Å². The van der Waals surface area contributed by atoms with Gasteiger partial charge in [0.2, 0.25) is 18.1 Å². The van der Waals surface area contributed by atoms with Crippen LogP contribution < -0.4 is 20.1 Å². The molecule has 1 amide bonds. The summed E-state index contributed by atoms with van der Waals surface area (Å²) in [5.41, 5.74) is 3.58. The van der Waals surface area contributed by atoms with Crippen molar-refractivity contribution in [3.63, 3.8) is 0 Å². The molecule has 242 valence electrons. The van der Waals surface area contributed by atoms with E-state index in [0.717, 1.165) is 28.8 Å². The van der Waals surface area contributed by atoms with Crippen molar-refractivity contribution in [2.24, 2.45) is 0 Å². The van der Waals surface area contributed by atoms with Crippen molar-refractivity contribution in [3.05, 3.63) is 40.6 Å². The lowest BCUT2D eigenvalue weighted by molar-refractivity contribution is -0.278. The first-order valence-electron chi connectivity index (χ1n) is 14.6. The fourth-order valence-corrected chi connectivity index (χ4v) is 4.69. The first-order chi connectivity index (χ1) is 20.6. The molecule has 0 aliphatic carbocycles. The van der Waals surface area contributed by atoms with Gasteiger partial charge in [0.1, 0.15) is 30.2 Å². The fourth-order valence-electron chi connectivity index (χ4n) is 4.69. The Labute approximate surface area is 251 Å². The minimum Gasteiger partial charge on any atom is -0.494 e. The summed E-state index contributed by atoms with van der Waals surface area (Å²) >= 11 is 0. The molecular formula is C29H46N4O10. The lowest BCUT2D eigenvalue weighted by Crippen LogP contribution is -2.60. The molecule has 0 unspecified atom stereocenters. The molecule has 2 aromatic rings. The van der Waals surface area contributed by atoms with Gasteiger partial charge in [0, 0.05) is 30.6 Å². The number of hydrogen-bond donors (Lipinski definition) is 9. The van der Waals surface area contributed by atoms with Gasteiger partial charge < -0.3 is 55.5 Å². The van der Waals surface area contributed by atoms with Crippen molar-refractivity contribution in [1.82, 2.24) is 20.8 Å². The number of aliphatic hydroxyl groups is 6. The van der Waals surface area contributed by atoms with Gasteiger partial charge >= 0.3 is 0 Å². The molecule has 0 spiro atoms. The largest absolute Gasteiger partial charge is 0.494 e. The van der Waals surface area contributed by atoms with Crippen molar-refractivity contribution >= 4 is 5.91 Å². The summed E-state index contributed by atoms with van der Waals surface area (Å²) < 4.78 is 17.3. The molecule has 3 rings (SSSR count). The Morgan fingerprint density at radius 1 is 1.09 bits per heavy atom. The number of carbonyl (C=O) groups is 1. The number of amides is 1. The molecule has 0 radical (unpaired) electrons. The van der Waals surface area contributed by atoms with Crippen LogP contribution in [0.4, 0.5) is 0 Å². The molecule has 1 saturated heterocycles. The number of aryl methyl sites for hydroxylation is 1. The van der Waals surface area contributed by atoms with Gasteiger partial charge in [-0.2, -0.15) is 0 Å². The van der Waals surface area contributed by atoms with Crippen LogP contribution in [0.5, 0.6) is 11.6 Å². The summed E-state index contributed by atoms with van der Waals surface area (Å²) in [5.74, 6) is 0.752. The van der Waals surface area contributed by atoms with E-state index in [9.17, 15) is 25.2 Å². The molecule has 9 N–H and O–H groups in total. The van der Waals surface area contributed by atoms with Crippen LogP contribution in [-0.2, 0) is 16.0 Å². The van der Waals surface area contributed by atoms with E-state index in [1.807, 2.05) is 39.0 Å². The molecule has 0 saturated carbocycles. The van der Waals surface area contributed by atoms with Crippen LogP contribution in [-0.4, -0.2) is 123 Å². The van der Waals surface area contributed by atoms with Crippen molar-refractivity contribution in [3.8, 4) is 11.6 Å². The highest BCUT2D eigenvalue weighted by Gasteiger charge is 2.45. The van der Waals surface area contributed by atoms with Gasteiger partial charge in [-0.05, 0) is 49.1 Å². The summed E-state index contributed by atoms with van der Waals surface area (Å²) in [6.07, 6.45) is -5.60. The van der Waals surface area contributed by atoms with Gasteiger partial charge in [0.15, 0.2) is 0 Å². The maximum atomic E-state index is 11.8. The summed E-state index contributed by atoms with van der Waals surface area (Å²) in [7, 11) is 0. The molecule has 1 aromatic carbocycles. The molecule has 1 aromatic heterocycles. The predicted octanol–water partition coefficient (Wildman–Crippen LogP) is -1.17. The van der Waals surface area contributed by atoms with Gasteiger partial charge in [-0.25, -0.2) is 0 Å². The average Bonchev–Trinajstić information content (AvgIpc) is 3.38. The van der Waals surface area contributed by atoms with Gasteiger partial charge in [-0.1, -0.05) is 19.9 Å². The number of nitrogens with one attached hydrogen (secondary N) is 3. The second-order valence-electron chi connectivity index (χ2n) is 11.0. The zero-order chi connectivity index (χ0) is 31.5.